The third kappa shape index (κ3) is 7.18. The van der Waals surface area contributed by atoms with Crippen LogP contribution in [0.15, 0.2) is 50.7 Å². The van der Waals surface area contributed by atoms with Crippen LogP contribution in [0.3, 0.4) is 0 Å². The Labute approximate surface area is 224 Å². The highest BCUT2D eigenvalue weighted by Crippen LogP contribution is 2.24. The average molecular weight is 620 g/mol. The Kier molecular flexibility index (Phi) is 8.26. The van der Waals surface area contributed by atoms with Crippen LogP contribution in [0.2, 0.25) is 0 Å². The third-order valence-corrected chi connectivity index (χ3v) is 5.84. The van der Waals surface area contributed by atoms with Gasteiger partial charge in [0.1, 0.15) is 47.2 Å². The number of nitrogens with zero attached hydrogens (tertiary/aromatic N) is 5. The van der Waals surface area contributed by atoms with Crippen molar-refractivity contribution in [3.05, 3.63) is 67.5 Å². The topological polar surface area (TPSA) is 144 Å². The van der Waals surface area contributed by atoms with Crippen LogP contribution in [0.25, 0.3) is 11.3 Å². The van der Waals surface area contributed by atoms with Gasteiger partial charge < -0.3 is 19.6 Å². The molecule has 12 heteroatoms. The Morgan fingerprint density at radius 1 is 1.17 bits per heavy atom. The zero-order valence-electron chi connectivity index (χ0n) is 20.0. The van der Waals surface area contributed by atoms with Gasteiger partial charge in [-0.1, -0.05) is 0 Å². The fraction of sp³-hybridized carbons (Fsp3) is 0.333. The smallest absolute Gasteiger partial charge is 0.184 e. The maximum Gasteiger partial charge on any atom is 0.184 e. The van der Waals surface area contributed by atoms with Crippen LogP contribution in [0, 0.1) is 22.7 Å². The van der Waals surface area contributed by atoms with E-state index in [0.717, 1.165) is 6.61 Å². The monoisotopic (exact) mass is 618 g/mol. The van der Waals surface area contributed by atoms with E-state index in [1.807, 2.05) is 6.07 Å². The molecule has 0 saturated carbocycles. The van der Waals surface area contributed by atoms with Gasteiger partial charge in [-0.2, -0.15) is 10.5 Å². The zero-order valence-corrected chi connectivity index (χ0v) is 23.2. The molecule has 0 aliphatic carbocycles. The normalized spacial score (nSPS) is 13.6. The lowest BCUT2D eigenvalue weighted by molar-refractivity contribution is 0.0284. The number of nitriles is 2. The largest absolute Gasteiger partial charge is 0.490 e. The number of halogens is 2. The van der Waals surface area contributed by atoms with E-state index in [0.29, 0.717) is 37.6 Å². The molecule has 0 aromatic carbocycles. The summed E-state index contributed by atoms with van der Waals surface area (Å²) in [6, 6.07) is 10.4. The van der Waals surface area contributed by atoms with E-state index in [1.54, 1.807) is 41.0 Å². The van der Waals surface area contributed by atoms with Gasteiger partial charge in [0.25, 0.3) is 0 Å². The number of aliphatic hydroxyl groups is 1. The molecule has 0 unspecified atom stereocenters. The maximum absolute atomic E-state index is 11.1. The minimum Gasteiger partial charge on any atom is -0.490 e. The van der Waals surface area contributed by atoms with Crippen LogP contribution in [-0.4, -0.2) is 48.3 Å². The molecule has 10 nitrogen and oxygen atoms in total. The van der Waals surface area contributed by atoms with Crippen LogP contribution in [0.4, 0.5) is 0 Å². The molecule has 1 saturated heterocycles. The third-order valence-electron chi connectivity index (χ3n) is 4.67. The summed E-state index contributed by atoms with van der Waals surface area (Å²) in [5.74, 6) is 0.589. The maximum atomic E-state index is 11.1. The molecule has 2 N–H and O–H groups in total. The van der Waals surface area contributed by atoms with Crippen molar-refractivity contribution in [2.24, 2.45) is 0 Å². The Balaban J connectivity index is 0.000000173. The van der Waals surface area contributed by atoms with E-state index in [2.05, 4.69) is 61.7 Å². The lowest BCUT2D eigenvalue weighted by Crippen LogP contribution is -2.27. The first-order chi connectivity index (χ1) is 16.8. The van der Waals surface area contributed by atoms with E-state index in [4.69, 9.17) is 20.0 Å². The fourth-order valence-corrected chi connectivity index (χ4v) is 3.99. The van der Waals surface area contributed by atoms with E-state index in [-0.39, 0.29) is 17.6 Å². The molecule has 0 spiro atoms. The highest BCUT2D eigenvalue weighted by atomic mass is 79.9. The predicted molar refractivity (Wildman–Crippen MR) is 140 cm³/mol. The van der Waals surface area contributed by atoms with Crippen LogP contribution in [0.1, 0.15) is 39.1 Å². The summed E-state index contributed by atoms with van der Waals surface area (Å²) < 4.78 is 14.9. The standard InChI is InChI=1S/C12H12BrN3O2.C8H4BrN3O.C4H8O/c1-12(2,17)7-18-9-3-10(13)16-8(5-14)6-15-11(16)4-9;9-7-1-6(13)2-8-11-4-5(3-10)12(7)8;1-4(2)3-5-4/h3-4,6,17H,7H2,1-2H3;1-2,4,11H;3H2,1-2H3. The van der Waals surface area contributed by atoms with Gasteiger partial charge in [0.15, 0.2) is 5.43 Å². The molecule has 1 aliphatic heterocycles. The number of hydrogen-bond donors (Lipinski definition) is 2. The molecule has 0 amide bonds. The summed E-state index contributed by atoms with van der Waals surface area (Å²) in [6.45, 7) is 8.63. The number of rotatable bonds is 3. The zero-order chi connectivity index (χ0) is 26.7. The Hall–Kier alpha value is -3.16. The highest BCUT2D eigenvalue weighted by molar-refractivity contribution is 9.10. The second-order valence-electron chi connectivity index (χ2n) is 9.13. The van der Waals surface area contributed by atoms with E-state index in [1.165, 1.54) is 18.3 Å². The lowest BCUT2D eigenvalue weighted by atomic mass is 10.2. The molecule has 36 heavy (non-hydrogen) atoms. The number of nitrogens with one attached hydrogen (secondary N) is 1. The van der Waals surface area contributed by atoms with Crippen LogP contribution >= 0.6 is 31.9 Å². The molecular weight excluding hydrogens is 596 g/mol. The Morgan fingerprint density at radius 3 is 2.33 bits per heavy atom. The molecule has 4 aromatic heterocycles. The molecule has 1 fully saturated rings. The van der Waals surface area contributed by atoms with E-state index >= 15 is 0 Å². The number of ether oxygens (including phenoxy) is 2. The van der Waals surface area contributed by atoms with Crippen molar-refractivity contribution in [1.29, 1.82) is 10.5 Å². The molecule has 5 heterocycles. The summed E-state index contributed by atoms with van der Waals surface area (Å²) >= 11 is 6.58. The second kappa shape index (κ2) is 10.8. The highest BCUT2D eigenvalue weighted by Gasteiger charge is 2.32. The van der Waals surface area contributed by atoms with Crippen LogP contribution < -0.4 is 10.2 Å². The summed E-state index contributed by atoms with van der Waals surface area (Å²) in [7, 11) is 0. The number of imidazole rings is 2. The van der Waals surface area contributed by atoms with Gasteiger partial charge in [0.05, 0.1) is 33.2 Å². The molecule has 0 radical (unpaired) electrons. The first-order valence-electron chi connectivity index (χ1n) is 10.7. The van der Waals surface area contributed by atoms with E-state index in [9.17, 15) is 9.90 Å². The molecule has 1 aliphatic rings. The fourth-order valence-electron chi connectivity index (χ4n) is 2.79. The lowest BCUT2D eigenvalue weighted by Gasteiger charge is -2.18. The number of pyridine rings is 2. The molecule has 0 atom stereocenters. The number of H-pyrrole nitrogens is 1. The van der Waals surface area contributed by atoms with Gasteiger partial charge >= 0.3 is 0 Å². The minimum atomic E-state index is -0.897. The minimum absolute atomic E-state index is 0.0989. The quantitative estimate of drug-likeness (QED) is 0.259. The molecule has 0 bridgehead atoms. The summed E-state index contributed by atoms with van der Waals surface area (Å²) in [4.78, 5) is 18.0. The summed E-state index contributed by atoms with van der Waals surface area (Å²) in [5.41, 5.74) is 1.39. The van der Waals surface area contributed by atoms with Crippen molar-refractivity contribution >= 4 is 43.2 Å². The number of aromatic amines is 1. The Morgan fingerprint density at radius 2 is 1.78 bits per heavy atom. The average Bonchev–Trinajstić information content (AvgIpc) is 3.18. The molecule has 188 valence electrons. The number of epoxide rings is 1. The van der Waals surface area contributed by atoms with Crippen LogP contribution in [-0.2, 0) is 4.74 Å². The van der Waals surface area contributed by atoms with Gasteiger partial charge in [-0.15, -0.1) is 0 Å². The van der Waals surface area contributed by atoms with Crippen molar-refractivity contribution in [1.82, 2.24) is 18.8 Å². The van der Waals surface area contributed by atoms with Gasteiger partial charge in [-0.05, 0) is 59.6 Å². The molecule has 4 aromatic rings. The number of fused-ring (bicyclic) bond motifs is 2. The van der Waals surface area contributed by atoms with Gasteiger partial charge in [-0.3, -0.25) is 13.6 Å². The first kappa shape index (κ1) is 27.4. The van der Waals surface area contributed by atoms with E-state index < -0.39 is 5.60 Å². The van der Waals surface area contributed by atoms with Crippen LogP contribution in [0.5, 0.6) is 5.75 Å². The number of hydrogen-bond acceptors (Lipinski definition) is 7. The molecular formula is C24H24Br2N6O4. The van der Waals surface area contributed by atoms with Gasteiger partial charge in [0.2, 0.25) is 0 Å². The molecule has 5 rings (SSSR count). The predicted octanol–water partition coefficient (Wildman–Crippen LogP) is 4.18. The van der Waals surface area contributed by atoms with Crippen molar-refractivity contribution in [2.45, 2.75) is 38.9 Å². The summed E-state index contributed by atoms with van der Waals surface area (Å²) in [6.07, 6.45) is 3.05. The van der Waals surface area contributed by atoms with Crippen molar-refractivity contribution in [2.75, 3.05) is 13.2 Å². The SMILES string of the molecule is CC(C)(O)COc1cc(Br)n2c(C#N)cnc2c1.CC1(C)CO1.N#Cc1c[nH]c2cc(=O)cc(Br)n12. The number of aromatic nitrogens is 4. The van der Waals surface area contributed by atoms with Crippen molar-refractivity contribution < 1.29 is 14.6 Å². The van der Waals surface area contributed by atoms with Gasteiger partial charge in [0, 0.05) is 30.5 Å². The first-order valence-corrected chi connectivity index (χ1v) is 12.3. The Bertz CT molecular complexity index is 1530. The van der Waals surface area contributed by atoms with Crippen molar-refractivity contribution in [3.8, 4) is 17.9 Å². The van der Waals surface area contributed by atoms with Gasteiger partial charge in [-0.25, -0.2) is 4.98 Å². The van der Waals surface area contributed by atoms with Crippen molar-refractivity contribution in [3.63, 3.8) is 0 Å². The summed E-state index contributed by atoms with van der Waals surface area (Å²) in [5, 5.41) is 27.3. The second-order valence-corrected chi connectivity index (χ2v) is 10.8.